The number of furan rings is 1. The fraction of sp³-hybridized carbons (Fsp3) is 0.214. The standard InChI is InChI=1S/C14H16NO2P/c1-4-13(16)15(3)8-11-9(2)10-6-5-7-12(18)14(10)17-11/h4-7H,1,8,18H2,2-3H3. The summed E-state index contributed by atoms with van der Waals surface area (Å²) in [5.74, 6) is 0.707. The van der Waals surface area contributed by atoms with Crippen LogP contribution < -0.4 is 5.30 Å². The molecule has 1 atom stereocenters. The number of amides is 1. The average molecular weight is 261 g/mol. The summed E-state index contributed by atoms with van der Waals surface area (Å²) < 4.78 is 5.85. The molecule has 3 nitrogen and oxygen atoms in total. The van der Waals surface area contributed by atoms with E-state index in [2.05, 4.69) is 15.8 Å². The summed E-state index contributed by atoms with van der Waals surface area (Å²) in [6.45, 7) is 5.94. The van der Waals surface area contributed by atoms with Crippen molar-refractivity contribution in [2.24, 2.45) is 0 Å². The van der Waals surface area contributed by atoms with E-state index in [1.807, 2.05) is 25.1 Å². The van der Waals surface area contributed by atoms with Crippen molar-refractivity contribution in [2.75, 3.05) is 7.05 Å². The number of carbonyl (C=O) groups is 1. The van der Waals surface area contributed by atoms with E-state index in [0.29, 0.717) is 6.54 Å². The van der Waals surface area contributed by atoms with Crippen LogP contribution in [0.5, 0.6) is 0 Å². The molecule has 1 aromatic carbocycles. The van der Waals surface area contributed by atoms with Gasteiger partial charge in [0.05, 0.1) is 6.54 Å². The van der Waals surface area contributed by atoms with Crippen molar-refractivity contribution in [3.63, 3.8) is 0 Å². The SMILES string of the molecule is C=CC(=O)N(C)Cc1oc2c(P)cccc2c1C. The van der Waals surface area contributed by atoms with E-state index in [0.717, 1.165) is 27.6 Å². The quantitative estimate of drug-likeness (QED) is 0.628. The number of aryl methyl sites for hydroxylation is 1. The number of carbonyl (C=O) groups excluding carboxylic acids is 1. The Kier molecular flexibility index (Phi) is 3.53. The summed E-state index contributed by atoms with van der Waals surface area (Å²) in [4.78, 5) is 13.1. The molecule has 0 spiro atoms. The van der Waals surface area contributed by atoms with Crippen LogP contribution in [0.25, 0.3) is 11.0 Å². The second-order valence-electron chi connectivity index (χ2n) is 4.27. The predicted octanol–water partition coefficient (Wildman–Crippen LogP) is 2.39. The fourth-order valence-corrected chi connectivity index (χ4v) is 2.24. The molecular weight excluding hydrogens is 245 g/mol. The largest absolute Gasteiger partial charge is 0.458 e. The molecule has 2 aromatic rings. The molecule has 2 rings (SSSR count). The van der Waals surface area contributed by atoms with Crippen molar-refractivity contribution >= 4 is 31.4 Å². The minimum Gasteiger partial charge on any atom is -0.458 e. The molecule has 18 heavy (non-hydrogen) atoms. The molecule has 4 heteroatoms. The molecule has 0 N–H and O–H groups in total. The van der Waals surface area contributed by atoms with E-state index in [9.17, 15) is 4.79 Å². The van der Waals surface area contributed by atoms with Crippen molar-refractivity contribution in [2.45, 2.75) is 13.5 Å². The summed E-state index contributed by atoms with van der Waals surface area (Å²) in [6.07, 6.45) is 1.30. The van der Waals surface area contributed by atoms with E-state index in [1.165, 1.54) is 6.08 Å². The first kappa shape index (κ1) is 12.8. The third-order valence-corrected chi connectivity index (χ3v) is 3.48. The Balaban J connectivity index is 2.40. The second-order valence-corrected chi connectivity index (χ2v) is 4.89. The van der Waals surface area contributed by atoms with Crippen LogP contribution in [-0.4, -0.2) is 17.9 Å². The summed E-state index contributed by atoms with van der Waals surface area (Å²) in [6, 6.07) is 6.01. The topological polar surface area (TPSA) is 33.5 Å². The van der Waals surface area contributed by atoms with Gasteiger partial charge in [-0.05, 0) is 13.0 Å². The first-order valence-electron chi connectivity index (χ1n) is 5.68. The molecule has 0 fully saturated rings. The number of rotatable bonds is 3. The van der Waals surface area contributed by atoms with Gasteiger partial charge in [0, 0.05) is 23.3 Å². The molecule has 0 aliphatic heterocycles. The second kappa shape index (κ2) is 4.95. The molecule has 0 aliphatic rings. The summed E-state index contributed by atoms with van der Waals surface area (Å²) in [7, 11) is 4.40. The Morgan fingerprint density at radius 1 is 1.56 bits per heavy atom. The summed E-state index contributed by atoms with van der Waals surface area (Å²) in [5, 5.41) is 2.12. The third-order valence-electron chi connectivity index (χ3n) is 3.02. The van der Waals surface area contributed by atoms with Gasteiger partial charge >= 0.3 is 0 Å². The van der Waals surface area contributed by atoms with Crippen molar-refractivity contribution in [3.05, 3.63) is 42.2 Å². The highest BCUT2D eigenvalue weighted by Gasteiger charge is 2.14. The molecule has 1 amide bonds. The molecule has 1 unspecified atom stereocenters. The Morgan fingerprint density at radius 3 is 2.89 bits per heavy atom. The molecule has 0 aliphatic carbocycles. The van der Waals surface area contributed by atoms with E-state index in [-0.39, 0.29) is 5.91 Å². The van der Waals surface area contributed by atoms with Gasteiger partial charge in [0.15, 0.2) is 0 Å². The zero-order chi connectivity index (χ0) is 13.3. The molecule has 0 saturated heterocycles. The maximum Gasteiger partial charge on any atom is 0.246 e. The van der Waals surface area contributed by atoms with E-state index >= 15 is 0 Å². The van der Waals surface area contributed by atoms with Gasteiger partial charge in [-0.3, -0.25) is 4.79 Å². The lowest BCUT2D eigenvalue weighted by molar-refractivity contribution is -0.125. The van der Waals surface area contributed by atoms with Gasteiger partial charge in [0.1, 0.15) is 11.3 Å². The Hall–Kier alpha value is -1.60. The van der Waals surface area contributed by atoms with Gasteiger partial charge in [-0.15, -0.1) is 9.24 Å². The monoisotopic (exact) mass is 261 g/mol. The molecule has 0 saturated carbocycles. The number of hydrogen-bond acceptors (Lipinski definition) is 2. The van der Waals surface area contributed by atoms with Crippen LogP contribution in [0.2, 0.25) is 0 Å². The van der Waals surface area contributed by atoms with E-state index < -0.39 is 0 Å². The molecule has 1 aromatic heterocycles. The number of benzene rings is 1. The van der Waals surface area contributed by atoms with Gasteiger partial charge in [0.25, 0.3) is 0 Å². The third kappa shape index (κ3) is 2.19. The van der Waals surface area contributed by atoms with Crippen LogP contribution in [0.4, 0.5) is 0 Å². The van der Waals surface area contributed by atoms with Gasteiger partial charge in [-0.1, -0.05) is 24.8 Å². The zero-order valence-corrected chi connectivity index (χ0v) is 11.7. The highest BCUT2D eigenvalue weighted by molar-refractivity contribution is 7.28. The zero-order valence-electron chi connectivity index (χ0n) is 10.6. The van der Waals surface area contributed by atoms with Crippen LogP contribution in [0.3, 0.4) is 0 Å². The molecule has 0 bridgehead atoms. The number of hydrogen-bond donors (Lipinski definition) is 0. The van der Waals surface area contributed by atoms with Crippen molar-refractivity contribution in [3.8, 4) is 0 Å². The number of para-hydroxylation sites is 1. The molecule has 1 heterocycles. The Labute approximate surface area is 109 Å². The highest BCUT2D eigenvalue weighted by atomic mass is 31.0. The minimum absolute atomic E-state index is 0.110. The van der Waals surface area contributed by atoms with Gasteiger partial charge < -0.3 is 9.32 Å². The average Bonchev–Trinajstić information content (AvgIpc) is 2.68. The van der Waals surface area contributed by atoms with Crippen LogP contribution in [-0.2, 0) is 11.3 Å². The van der Waals surface area contributed by atoms with Crippen molar-refractivity contribution in [1.82, 2.24) is 4.90 Å². The van der Waals surface area contributed by atoms with Gasteiger partial charge in [-0.25, -0.2) is 0 Å². The highest BCUT2D eigenvalue weighted by Crippen LogP contribution is 2.25. The van der Waals surface area contributed by atoms with Crippen molar-refractivity contribution in [1.29, 1.82) is 0 Å². The van der Waals surface area contributed by atoms with Gasteiger partial charge in [-0.2, -0.15) is 0 Å². The van der Waals surface area contributed by atoms with Crippen LogP contribution >= 0.6 is 9.24 Å². The summed E-state index contributed by atoms with van der Waals surface area (Å²) in [5.41, 5.74) is 1.95. The lowest BCUT2D eigenvalue weighted by Gasteiger charge is -2.13. The minimum atomic E-state index is -0.110. The number of likely N-dealkylation sites (N-methyl/N-ethyl adjacent to an activating group) is 1. The molecular formula is C14H16NO2P. The predicted molar refractivity (Wildman–Crippen MR) is 77.0 cm³/mol. The fourth-order valence-electron chi connectivity index (χ4n) is 1.91. The van der Waals surface area contributed by atoms with Crippen LogP contribution in [0, 0.1) is 6.92 Å². The maximum atomic E-state index is 11.5. The Bertz CT molecular complexity index is 616. The van der Waals surface area contributed by atoms with Gasteiger partial charge in [0.2, 0.25) is 5.91 Å². The van der Waals surface area contributed by atoms with Crippen molar-refractivity contribution < 1.29 is 9.21 Å². The molecule has 94 valence electrons. The van der Waals surface area contributed by atoms with E-state index in [1.54, 1.807) is 11.9 Å². The van der Waals surface area contributed by atoms with Crippen LogP contribution in [0.15, 0.2) is 35.3 Å². The molecule has 0 radical (unpaired) electrons. The lowest BCUT2D eigenvalue weighted by Crippen LogP contribution is -2.23. The number of nitrogens with zero attached hydrogens (tertiary/aromatic N) is 1. The smallest absolute Gasteiger partial charge is 0.246 e. The lowest BCUT2D eigenvalue weighted by atomic mass is 10.1. The summed E-state index contributed by atoms with van der Waals surface area (Å²) >= 11 is 0. The van der Waals surface area contributed by atoms with E-state index in [4.69, 9.17) is 4.42 Å². The normalized spacial score (nSPS) is 10.6. The maximum absolute atomic E-state index is 11.5. The van der Waals surface area contributed by atoms with Crippen LogP contribution in [0.1, 0.15) is 11.3 Å². The first-order valence-corrected chi connectivity index (χ1v) is 6.26. The first-order chi connectivity index (χ1) is 8.54. The Morgan fingerprint density at radius 2 is 2.28 bits per heavy atom. The number of fused-ring (bicyclic) bond motifs is 1.